The van der Waals surface area contributed by atoms with Crippen LogP contribution in [0.5, 0.6) is 5.88 Å². The predicted molar refractivity (Wildman–Crippen MR) is 91.4 cm³/mol. The Hall–Kier alpha value is -1.42. The Morgan fingerprint density at radius 2 is 2.08 bits per heavy atom. The molecule has 0 aromatic carbocycles. The fraction of sp³-hybridized carbons (Fsp3) is 0.600. The summed E-state index contributed by atoms with van der Waals surface area (Å²) in [4.78, 5) is 18.3. The number of nitrogens with zero attached hydrogens (tertiary/aromatic N) is 3. The zero-order chi connectivity index (χ0) is 18.0. The van der Waals surface area contributed by atoms with E-state index in [0.29, 0.717) is 31.9 Å². The number of sulfonamides is 1. The third-order valence-electron chi connectivity index (χ3n) is 4.22. The first-order valence-electron chi connectivity index (χ1n) is 7.99. The number of amides is 1. The van der Waals surface area contributed by atoms with Gasteiger partial charge in [-0.1, -0.05) is 11.6 Å². The van der Waals surface area contributed by atoms with E-state index in [1.165, 1.54) is 22.8 Å². The monoisotopic (exact) mass is 389 g/mol. The second-order valence-electron chi connectivity index (χ2n) is 6.07. The number of carbonyl (C=O) groups is 1. The Morgan fingerprint density at radius 3 is 2.64 bits per heavy atom. The Balaban J connectivity index is 1.63. The van der Waals surface area contributed by atoms with Crippen molar-refractivity contribution in [2.75, 3.05) is 45.6 Å². The van der Waals surface area contributed by atoms with Crippen molar-refractivity contribution in [2.24, 2.45) is 0 Å². The van der Waals surface area contributed by atoms with Crippen LogP contribution in [-0.4, -0.2) is 80.3 Å². The van der Waals surface area contributed by atoms with Crippen molar-refractivity contribution in [3.63, 3.8) is 0 Å². The summed E-state index contributed by atoms with van der Waals surface area (Å²) >= 11 is 6.19. The van der Waals surface area contributed by atoms with E-state index in [9.17, 15) is 13.2 Å². The van der Waals surface area contributed by atoms with Gasteiger partial charge >= 0.3 is 0 Å². The number of piperazine rings is 1. The van der Waals surface area contributed by atoms with E-state index in [4.69, 9.17) is 21.1 Å². The second kappa shape index (κ2) is 7.45. The van der Waals surface area contributed by atoms with E-state index < -0.39 is 10.0 Å². The largest absolute Gasteiger partial charge is 0.471 e. The van der Waals surface area contributed by atoms with E-state index in [0.717, 1.165) is 6.42 Å². The standard InChI is InChI=1S/C15H20ClN3O5S/c1-25(21,22)19-5-3-18(4-6-19)15(20)11-8-13(16)14(17-9-11)24-12-2-7-23-10-12/h8-9,12H,2-7,10H2,1H3/t12-/m1/s1. The molecule has 2 aliphatic rings. The molecule has 0 radical (unpaired) electrons. The molecule has 0 spiro atoms. The van der Waals surface area contributed by atoms with Gasteiger partial charge in [0.05, 0.1) is 25.0 Å². The van der Waals surface area contributed by atoms with Gasteiger partial charge in [-0.05, 0) is 6.07 Å². The van der Waals surface area contributed by atoms with E-state index in [1.807, 2.05) is 0 Å². The van der Waals surface area contributed by atoms with Crippen LogP contribution in [0, 0.1) is 0 Å². The van der Waals surface area contributed by atoms with Crippen LogP contribution in [-0.2, 0) is 14.8 Å². The lowest BCUT2D eigenvalue weighted by atomic mass is 10.2. The van der Waals surface area contributed by atoms with Gasteiger partial charge in [0.15, 0.2) is 0 Å². The summed E-state index contributed by atoms with van der Waals surface area (Å²) in [5, 5.41) is 0.271. The van der Waals surface area contributed by atoms with Gasteiger partial charge in [0.25, 0.3) is 5.91 Å². The smallest absolute Gasteiger partial charge is 0.255 e. The molecule has 0 aliphatic carbocycles. The van der Waals surface area contributed by atoms with Crippen LogP contribution in [0.3, 0.4) is 0 Å². The average Bonchev–Trinajstić information content (AvgIpc) is 3.08. The zero-order valence-corrected chi connectivity index (χ0v) is 15.4. The van der Waals surface area contributed by atoms with Crippen LogP contribution in [0.1, 0.15) is 16.8 Å². The minimum atomic E-state index is -3.23. The summed E-state index contributed by atoms with van der Waals surface area (Å²) in [5.41, 5.74) is 0.354. The lowest BCUT2D eigenvalue weighted by Gasteiger charge is -2.33. The van der Waals surface area contributed by atoms with Gasteiger partial charge in [-0.2, -0.15) is 4.31 Å². The van der Waals surface area contributed by atoms with E-state index in [1.54, 1.807) is 4.90 Å². The Kier molecular flexibility index (Phi) is 5.47. The molecule has 8 nitrogen and oxygen atoms in total. The van der Waals surface area contributed by atoms with Gasteiger partial charge in [0, 0.05) is 38.8 Å². The van der Waals surface area contributed by atoms with Crippen LogP contribution in [0.4, 0.5) is 0 Å². The highest BCUT2D eigenvalue weighted by molar-refractivity contribution is 7.88. The summed E-state index contributed by atoms with van der Waals surface area (Å²) in [5.74, 6) is 0.0638. The molecule has 1 aromatic rings. The molecule has 3 rings (SSSR count). The van der Waals surface area contributed by atoms with E-state index in [-0.39, 0.29) is 36.0 Å². The number of pyridine rings is 1. The second-order valence-corrected chi connectivity index (χ2v) is 8.46. The topological polar surface area (TPSA) is 89.0 Å². The molecular weight excluding hydrogens is 370 g/mol. The Bertz CT molecular complexity index is 744. The number of hydrogen-bond donors (Lipinski definition) is 0. The van der Waals surface area contributed by atoms with Gasteiger partial charge in [0.2, 0.25) is 15.9 Å². The third kappa shape index (κ3) is 4.41. The summed E-state index contributed by atoms with van der Waals surface area (Å²) in [6.07, 6.45) is 3.31. The van der Waals surface area contributed by atoms with Crippen molar-refractivity contribution in [1.82, 2.24) is 14.2 Å². The molecule has 138 valence electrons. The molecule has 0 N–H and O–H groups in total. The number of aromatic nitrogens is 1. The molecule has 1 amide bonds. The van der Waals surface area contributed by atoms with Crippen molar-refractivity contribution in [3.05, 3.63) is 22.8 Å². The van der Waals surface area contributed by atoms with Crippen LogP contribution in [0.15, 0.2) is 12.3 Å². The number of carbonyl (C=O) groups excluding carboxylic acids is 1. The fourth-order valence-corrected chi connectivity index (χ4v) is 3.84. The molecule has 2 fully saturated rings. The van der Waals surface area contributed by atoms with Crippen molar-refractivity contribution in [3.8, 4) is 5.88 Å². The number of halogens is 1. The number of rotatable bonds is 4. The third-order valence-corrected chi connectivity index (χ3v) is 5.79. The number of hydrogen-bond acceptors (Lipinski definition) is 6. The lowest BCUT2D eigenvalue weighted by Crippen LogP contribution is -2.50. The minimum absolute atomic E-state index is 0.0735. The molecule has 0 saturated carbocycles. The van der Waals surface area contributed by atoms with Gasteiger partial charge in [-0.3, -0.25) is 4.79 Å². The molecule has 2 saturated heterocycles. The Labute approximate surface area is 151 Å². The van der Waals surface area contributed by atoms with E-state index in [2.05, 4.69) is 4.98 Å². The average molecular weight is 390 g/mol. The Morgan fingerprint density at radius 1 is 1.36 bits per heavy atom. The normalized spacial score (nSPS) is 22.2. The highest BCUT2D eigenvalue weighted by Gasteiger charge is 2.27. The van der Waals surface area contributed by atoms with Crippen molar-refractivity contribution < 1.29 is 22.7 Å². The van der Waals surface area contributed by atoms with Crippen molar-refractivity contribution >= 4 is 27.5 Å². The van der Waals surface area contributed by atoms with Crippen LogP contribution in [0.25, 0.3) is 0 Å². The molecule has 25 heavy (non-hydrogen) atoms. The van der Waals surface area contributed by atoms with Gasteiger partial charge in [-0.25, -0.2) is 13.4 Å². The molecule has 2 aliphatic heterocycles. The summed E-state index contributed by atoms with van der Waals surface area (Å²) in [6.45, 7) is 2.40. The summed E-state index contributed by atoms with van der Waals surface area (Å²) in [7, 11) is -3.23. The molecule has 0 bridgehead atoms. The maximum Gasteiger partial charge on any atom is 0.255 e. The molecule has 1 atom stereocenters. The lowest BCUT2D eigenvalue weighted by molar-refractivity contribution is 0.0697. The minimum Gasteiger partial charge on any atom is -0.471 e. The quantitative estimate of drug-likeness (QED) is 0.750. The fourth-order valence-electron chi connectivity index (χ4n) is 2.80. The highest BCUT2D eigenvalue weighted by Crippen LogP contribution is 2.25. The summed E-state index contributed by atoms with van der Waals surface area (Å²) < 4.78 is 35.3. The molecular formula is C15H20ClN3O5S. The van der Waals surface area contributed by atoms with Gasteiger partial charge in [-0.15, -0.1) is 0 Å². The van der Waals surface area contributed by atoms with Crippen LogP contribution >= 0.6 is 11.6 Å². The predicted octanol–water partition coefficient (Wildman–Crippen LogP) is 0.620. The molecule has 1 aromatic heterocycles. The SMILES string of the molecule is CS(=O)(=O)N1CCN(C(=O)c2cnc(O[C@@H]3CCOC3)c(Cl)c2)CC1. The van der Waals surface area contributed by atoms with Crippen LogP contribution < -0.4 is 4.74 Å². The maximum atomic E-state index is 12.6. The van der Waals surface area contributed by atoms with E-state index >= 15 is 0 Å². The first-order valence-corrected chi connectivity index (χ1v) is 10.2. The zero-order valence-electron chi connectivity index (χ0n) is 13.9. The molecule has 10 heteroatoms. The molecule has 0 unspecified atom stereocenters. The first kappa shape index (κ1) is 18.4. The van der Waals surface area contributed by atoms with Crippen molar-refractivity contribution in [2.45, 2.75) is 12.5 Å². The number of ether oxygens (including phenoxy) is 2. The molecule has 3 heterocycles. The van der Waals surface area contributed by atoms with Crippen molar-refractivity contribution in [1.29, 1.82) is 0 Å². The first-order chi connectivity index (χ1) is 11.8. The van der Waals surface area contributed by atoms with Crippen LogP contribution in [0.2, 0.25) is 5.02 Å². The van der Waals surface area contributed by atoms with Gasteiger partial charge in [0.1, 0.15) is 11.1 Å². The summed E-state index contributed by atoms with van der Waals surface area (Å²) in [6, 6.07) is 1.53. The maximum absolute atomic E-state index is 12.6. The highest BCUT2D eigenvalue weighted by atomic mass is 35.5. The van der Waals surface area contributed by atoms with Gasteiger partial charge < -0.3 is 14.4 Å².